The maximum atomic E-state index is 11.2. The van der Waals surface area contributed by atoms with Crippen LogP contribution in [-0.2, 0) is 19.2 Å². The van der Waals surface area contributed by atoms with Crippen LogP contribution in [0.4, 0.5) is 0 Å². The summed E-state index contributed by atoms with van der Waals surface area (Å²) in [6.45, 7) is 1.13. The SMILES string of the molecule is C[C@@](N)(CCS(=O)(=O)CP(=O)(O)O)C(=O)O. The lowest BCUT2D eigenvalue weighted by atomic mass is 10.0. The molecule has 0 fully saturated rings. The molecule has 0 rings (SSSR count). The van der Waals surface area contributed by atoms with Crippen LogP contribution in [0.25, 0.3) is 0 Å². The Morgan fingerprint density at radius 2 is 1.88 bits per heavy atom. The van der Waals surface area contributed by atoms with Gasteiger partial charge in [0.2, 0.25) is 0 Å². The molecular formula is C6H14NO7PS. The summed E-state index contributed by atoms with van der Waals surface area (Å²) in [5.41, 5.74) is 2.24. The molecule has 0 amide bonds. The molecule has 0 radical (unpaired) electrons. The van der Waals surface area contributed by atoms with Gasteiger partial charge in [-0.25, -0.2) is 8.42 Å². The van der Waals surface area contributed by atoms with Gasteiger partial charge in [0.25, 0.3) is 0 Å². The molecule has 8 nitrogen and oxygen atoms in total. The first-order chi connectivity index (χ1) is 6.86. The lowest BCUT2D eigenvalue weighted by Gasteiger charge is -2.18. The molecule has 0 aliphatic carbocycles. The predicted molar refractivity (Wildman–Crippen MR) is 55.5 cm³/mol. The van der Waals surface area contributed by atoms with Gasteiger partial charge in [-0.2, -0.15) is 0 Å². The van der Waals surface area contributed by atoms with Crippen LogP contribution < -0.4 is 5.73 Å². The van der Waals surface area contributed by atoms with Gasteiger partial charge in [0.15, 0.2) is 15.3 Å². The number of nitrogens with two attached hydrogens (primary N) is 1. The van der Waals surface area contributed by atoms with Crippen molar-refractivity contribution in [1.29, 1.82) is 0 Å². The molecule has 10 heteroatoms. The van der Waals surface area contributed by atoms with E-state index in [4.69, 9.17) is 20.6 Å². The molecule has 0 saturated heterocycles. The van der Waals surface area contributed by atoms with Crippen molar-refractivity contribution < 1.29 is 32.7 Å². The van der Waals surface area contributed by atoms with Crippen molar-refractivity contribution in [3.05, 3.63) is 0 Å². The monoisotopic (exact) mass is 275 g/mol. The van der Waals surface area contributed by atoms with E-state index in [2.05, 4.69) is 0 Å². The van der Waals surface area contributed by atoms with Crippen molar-refractivity contribution in [2.24, 2.45) is 5.73 Å². The van der Waals surface area contributed by atoms with Crippen LogP contribution >= 0.6 is 7.60 Å². The second-order valence-electron chi connectivity index (χ2n) is 3.71. The normalized spacial score (nSPS) is 16.8. The minimum atomic E-state index is -4.67. The number of aliphatic carboxylic acids is 1. The Kier molecular flexibility index (Phi) is 4.66. The van der Waals surface area contributed by atoms with Crippen molar-refractivity contribution in [2.75, 3.05) is 11.2 Å². The summed E-state index contributed by atoms with van der Waals surface area (Å²) < 4.78 is 32.8. The van der Waals surface area contributed by atoms with Crippen LogP contribution in [-0.4, -0.2) is 46.1 Å². The highest BCUT2D eigenvalue weighted by atomic mass is 32.2. The van der Waals surface area contributed by atoms with Gasteiger partial charge >= 0.3 is 13.6 Å². The second-order valence-corrected chi connectivity index (χ2v) is 7.97. The zero-order valence-corrected chi connectivity index (χ0v) is 10.2. The lowest BCUT2D eigenvalue weighted by molar-refractivity contribution is -0.142. The van der Waals surface area contributed by atoms with Gasteiger partial charge in [0.05, 0.1) is 5.75 Å². The van der Waals surface area contributed by atoms with E-state index >= 15 is 0 Å². The summed E-state index contributed by atoms with van der Waals surface area (Å²) in [6, 6.07) is 0. The Balaban J connectivity index is 4.54. The Hall–Kier alpha value is -0.470. The Morgan fingerprint density at radius 1 is 1.44 bits per heavy atom. The van der Waals surface area contributed by atoms with E-state index in [1.807, 2.05) is 0 Å². The molecule has 0 saturated carbocycles. The zero-order chi connectivity index (χ0) is 13.2. The maximum absolute atomic E-state index is 11.2. The average molecular weight is 275 g/mol. The lowest BCUT2D eigenvalue weighted by Crippen LogP contribution is -2.46. The van der Waals surface area contributed by atoms with E-state index in [9.17, 15) is 17.8 Å². The summed E-state index contributed by atoms with van der Waals surface area (Å²) in [6.07, 6.45) is -0.412. The van der Waals surface area contributed by atoms with Gasteiger partial charge in [-0.15, -0.1) is 0 Å². The minimum absolute atomic E-state index is 0.412. The quantitative estimate of drug-likeness (QED) is 0.437. The fourth-order valence-electron chi connectivity index (χ4n) is 0.795. The molecule has 0 aromatic rings. The van der Waals surface area contributed by atoms with Crippen LogP contribution in [0.15, 0.2) is 0 Å². The zero-order valence-electron chi connectivity index (χ0n) is 8.53. The fraction of sp³-hybridized carbons (Fsp3) is 0.833. The molecule has 0 aromatic heterocycles. The highest BCUT2D eigenvalue weighted by Gasteiger charge is 2.32. The molecule has 0 spiro atoms. The van der Waals surface area contributed by atoms with Crippen molar-refractivity contribution in [3.63, 3.8) is 0 Å². The van der Waals surface area contributed by atoms with E-state index in [-0.39, 0.29) is 0 Å². The number of hydrogen-bond acceptors (Lipinski definition) is 5. The summed E-state index contributed by atoms with van der Waals surface area (Å²) in [4.78, 5) is 27.5. The second kappa shape index (κ2) is 4.80. The highest BCUT2D eigenvalue weighted by molar-refractivity contribution is 7.97. The van der Waals surface area contributed by atoms with Crippen LogP contribution in [0, 0.1) is 0 Å². The Bertz CT molecular complexity index is 409. The van der Waals surface area contributed by atoms with Crippen LogP contribution in [0.3, 0.4) is 0 Å². The highest BCUT2D eigenvalue weighted by Crippen LogP contribution is 2.36. The van der Waals surface area contributed by atoms with Gasteiger partial charge in [0, 0.05) is 0 Å². The summed E-state index contributed by atoms with van der Waals surface area (Å²) >= 11 is 0. The van der Waals surface area contributed by atoms with Gasteiger partial charge in [-0.05, 0) is 13.3 Å². The van der Waals surface area contributed by atoms with Crippen molar-refractivity contribution in [3.8, 4) is 0 Å². The van der Waals surface area contributed by atoms with E-state index in [1.165, 1.54) is 0 Å². The molecule has 5 N–H and O–H groups in total. The molecule has 0 aliphatic rings. The topological polar surface area (TPSA) is 155 Å². The molecular weight excluding hydrogens is 261 g/mol. The fourth-order valence-corrected chi connectivity index (χ4v) is 4.10. The molecule has 0 heterocycles. The average Bonchev–Trinajstić information content (AvgIpc) is 1.96. The molecule has 0 aliphatic heterocycles. The van der Waals surface area contributed by atoms with E-state index in [0.29, 0.717) is 0 Å². The number of carbonyl (C=O) groups is 1. The minimum Gasteiger partial charge on any atom is -0.480 e. The number of carboxylic acids is 1. The summed E-state index contributed by atoms with van der Waals surface area (Å²) in [5.74, 6) is -2.06. The van der Waals surface area contributed by atoms with E-state index in [1.54, 1.807) is 0 Å². The molecule has 96 valence electrons. The smallest absolute Gasteiger partial charge is 0.340 e. The number of sulfone groups is 1. The van der Waals surface area contributed by atoms with E-state index in [0.717, 1.165) is 6.92 Å². The van der Waals surface area contributed by atoms with Gasteiger partial charge < -0.3 is 20.6 Å². The first kappa shape index (κ1) is 15.5. The molecule has 0 bridgehead atoms. The number of carboxylic acid groups (broad SMARTS) is 1. The van der Waals surface area contributed by atoms with Gasteiger partial charge in [-0.1, -0.05) is 0 Å². The number of rotatable bonds is 6. The Morgan fingerprint density at radius 3 is 2.19 bits per heavy atom. The maximum Gasteiger partial charge on any atom is 0.340 e. The third-order valence-corrected chi connectivity index (χ3v) is 5.53. The van der Waals surface area contributed by atoms with Crippen molar-refractivity contribution in [2.45, 2.75) is 18.9 Å². The number of hydrogen-bond donors (Lipinski definition) is 4. The third-order valence-electron chi connectivity index (χ3n) is 1.79. The third kappa shape index (κ3) is 6.19. The van der Waals surface area contributed by atoms with Gasteiger partial charge in [0.1, 0.15) is 5.54 Å². The van der Waals surface area contributed by atoms with Crippen LogP contribution in [0.2, 0.25) is 0 Å². The van der Waals surface area contributed by atoms with Gasteiger partial charge in [-0.3, -0.25) is 9.36 Å². The van der Waals surface area contributed by atoms with Crippen molar-refractivity contribution >= 4 is 23.4 Å². The molecule has 1 atom stereocenters. The molecule has 0 aromatic carbocycles. The summed E-state index contributed by atoms with van der Waals surface area (Å²) in [5, 5.41) is 8.60. The van der Waals surface area contributed by atoms with Crippen LogP contribution in [0.1, 0.15) is 13.3 Å². The molecule has 16 heavy (non-hydrogen) atoms. The standard InChI is InChI=1S/C6H14NO7PS/c1-6(7,5(8)9)2-3-16(13,14)4-15(10,11)12/h2-4,7H2,1H3,(H,8,9)(H2,10,11,12)/t6-/m1/s1. The predicted octanol–water partition coefficient (Wildman–Crippen LogP) is -1.27. The first-order valence-corrected chi connectivity index (χ1v) is 7.75. The summed E-state index contributed by atoms with van der Waals surface area (Å²) in [7, 11) is -8.68. The molecule has 0 unspecified atom stereocenters. The first-order valence-electron chi connectivity index (χ1n) is 4.13. The van der Waals surface area contributed by atoms with E-state index < -0.39 is 46.6 Å². The Labute approximate surface area is 92.5 Å². The largest absolute Gasteiger partial charge is 0.480 e. The van der Waals surface area contributed by atoms with Crippen molar-refractivity contribution in [1.82, 2.24) is 0 Å². The van der Waals surface area contributed by atoms with Crippen LogP contribution in [0.5, 0.6) is 0 Å².